The first-order chi connectivity index (χ1) is 8.13. The Balaban J connectivity index is 2.46. The minimum atomic E-state index is -0.377. The van der Waals surface area contributed by atoms with Crippen LogP contribution in [0.4, 0.5) is 10.1 Å². The molecular weight excluding hydrogens is 239 g/mol. The van der Waals surface area contributed by atoms with Crippen molar-refractivity contribution < 1.29 is 9.18 Å². The second-order valence-corrected chi connectivity index (χ2v) is 4.42. The minimum absolute atomic E-state index is 0.140. The molecular formula is C12H9FN2OS. The summed E-state index contributed by atoms with van der Waals surface area (Å²) in [5.74, 6) is 1.59. The Morgan fingerprint density at radius 3 is 3.06 bits per heavy atom. The first-order valence-electron chi connectivity index (χ1n) is 4.82. The zero-order valence-corrected chi connectivity index (χ0v) is 9.60. The summed E-state index contributed by atoms with van der Waals surface area (Å²) in [4.78, 5) is 12.1. The van der Waals surface area contributed by atoms with Gasteiger partial charge in [-0.2, -0.15) is 0 Å². The Morgan fingerprint density at radius 2 is 2.35 bits per heavy atom. The summed E-state index contributed by atoms with van der Waals surface area (Å²) in [6.45, 7) is 0.140. The van der Waals surface area contributed by atoms with E-state index in [0.29, 0.717) is 16.0 Å². The molecule has 0 spiro atoms. The van der Waals surface area contributed by atoms with Gasteiger partial charge < -0.3 is 11.1 Å². The van der Waals surface area contributed by atoms with Crippen molar-refractivity contribution in [1.29, 1.82) is 0 Å². The standard InChI is InChI=1S/C12H9FN2OS/c1-2-5-15-12(16)11-10(14)8-6-7(13)3-4-9(8)17-11/h1,3-4,6H,5,14H2,(H,15,16). The van der Waals surface area contributed by atoms with E-state index in [9.17, 15) is 9.18 Å². The molecule has 0 atom stereocenters. The maximum atomic E-state index is 13.1. The number of terminal acetylenes is 1. The van der Waals surface area contributed by atoms with Gasteiger partial charge in [-0.15, -0.1) is 17.8 Å². The van der Waals surface area contributed by atoms with Crippen LogP contribution in [0.5, 0.6) is 0 Å². The van der Waals surface area contributed by atoms with Crippen molar-refractivity contribution in [3.63, 3.8) is 0 Å². The number of rotatable bonds is 2. The summed E-state index contributed by atoms with van der Waals surface area (Å²) in [5.41, 5.74) is 6.10. The highest BCUT2D eigenvalue weighted by atomic mass is 32.1. The minimum Gasteiger partial charge on any atom is -0.397 e. The number of carbonyl (C=O) groups is 1. The fourth-order valence-electron chi connectivity index (χ4n) is 1.47. The SMILES string of the molecule is C#CCNC(=O)c1sc2ccc(F)cc2c1N. The molecule has 1 aromatic carbocycles. The van der Waals surface area contributed by atoms with Gasteiger partial charge in [-0.3, -0.25) is 4.79 Å². The number of thiophene rings is 1. The Labute approximate surface area is 101 Å². The maximum Gasteiger partial charge on any atom is 0.264 e. The number of nitrogens with one attached hydrogen (secondary N) is 1. The summed E-state index contributed by atoms with van der Waals surface area (Å²) in [6, 6.07) is 4.25. The van der Waals surface area contributed by atoms with Gasteiger partial charge in [0.15, 0.2) is 0 Å². The maximum absolute atomic E-state index is 13.1. The molecule has 0 bridgehead atoms. The van der Waals surface area contributed by atoms with E-state index in [0.717, 1.165) is 4.70 Å². The molecule has 1 amide bonds. The highest BCUT2D eigenvalue weighted by Crippen LogP contribution is 2.33. The molecule has 3 nitrogen and oxygen atoms in total. The number of carbonyl (C=O) groups excluding carboxylic acids is 1. The van der Waals surface area contributed by atoms with E-state index < -0.39 is 0 Å². The van der Waals surface area contributed by atoms with Gasteiger partial charge in [0.25, 0.3) is 5.91 Å². The van der Waals surface area contributed by atoms with Crippen molar-refractivity contribution in [2.45, 2.75) is 0 Å². The van der Waals surface area contributed by atoms with Crippen LogP contribution in [-0.2, 0) is 0 Å². The molecule has 2 aromatic rings. The van der Waals surface area contributed by atoms with E-state index >= 15 is 0 Å². The Bertz CT molecular complexity index is 627. The van der Waals surface area contributed by atoms with Crippen molar-refractivity contribution >= 4 is 33.0 Å². The number of anilines is 1. The van der Waals surface area contributed by atoms with Gasteiger partial charge in [0, 0.05) is 10.1 Å². The van der Waals surface area contributed by atoms with Crippen molar-refractivity contribution in [2.24, 2.45) is 0 Å². The number of hydrogen-bond donors (Lipinski definition) is 2. The van der Waals surface area contributed by atoms with Gasteiger partial charge in [0.05, 0.1) is 12.2 Å². The molecule has 0 fully saturated rings. The molecule has 0 aliphatic rings. The molecule has 2 rings (SSSR count). The lowest BCUT2D eigenvalue weighted by atomic mass is 10.2. The monoisotopic (exact) mass is 248 g/mol. The normalized spacial score (nSPS) is 10.1. The average molecular weight is 248 g/mol. The number of amides is 1. The van der Waals surface area contributed by atoms with Gasteiger partial charge >= 0.3 is 0 Å². The number of nitrogen functional groups attached to an aromatic ring is 1. The molecule has 1 heterocycles. The van der Waals surface area contributed by atoms with Gasteiger partial charge in [0.2, 0.25) is 0 Å². The second-order valence-electron chi connectivity index (χ2n) is 3.37. The molecule has 0 saturated heterocycles. The fourth-order valence-corrected chi connectivity index (χ4v) is 2.49. The number of benzene rings is 1. The van der Waals surface area contributed by atoms with Gasteiger partial charge in [0.1, 0.15) is 10.7 Å². The molecule has 0 aliphatic heterocycles. The first kappa shape index (κ1) is 11.4. The number of halogens is 1. The van der Waals surface area contributed by atoms with E-state index in [4.69, 9.17) is 12.2 Å². The zero-order valence-electron chi connectivity index (χ0n) is 8.79. The highest BCUT2D eigenvalue weighted by Gasteiger charge is 2.15. The summed E-state index contributed by atoms with van der Waals surface area (Å²) in [7, 11) is 0. The third-order valence-corrected chi connectivity index (χ3v) is 3.43. The molecule has 17 heavy (non-hydrogen) atoms. The largest absolute Gasteiger partial charge is 0.397 e. The lowest BCUT2D eigenvalue weighted by molar-refractivity contribution is 0.0963. The summed E-state index contributed by atoms with van der Waals surface area (Å²) >= 11 is 1.22. The van der Waals surface area contributed by atoms with Gasteiger partial charge in [-0.1, -0.05) is 5.92 Å². The van der Waals surface area contributed by atoms with Crippen molar-refractivity contribution in [3.05, 3.63) is 28.9 Å². The van der Waals surface area contributed by atoms with Crippen LogP contribution < -0.4 is 11.1 Å². The Morgan fingerprint density at radius 1 is 1.59 bits per heavy atom. The predicted molar refractivity (Wildman–Crippen MR) is 67.4 cm³/mol. The van der Waals surface area contributed by atoms with Crippen LogP contribution in [0, 0.1) is 18.2 Å². The summed E-state index contributed by atoms with van der Waals surface area (Å²) < 4.78 is 13.8. The molecule has 5 heteroatoms. The van der Waals surface area contributed by atoms with Gasteiger partial charge in [-0.05, 0) is 18.2 Å². The molecule has 86 valence electrons. The van der Waals surface area contributed by atoms with Crippen LogP contribution in [0.3, 0.4) is 0 Å². The second kappa shape index (κ2) is 4.44. The van der Waals surface area contributed by atoms with E-state index in [1.807, 2.05) is 0 Å². The van der Waals surface area contributed by atoms with Crippen LogP contribution in [0.1, 0.15) is 9.67 Å². The molecule has 0 radical (unpaired) electrons. The van der Waals surface area contributed by atoms with Crippen LogP contribution >= 0.6 is 11.3 Å². The molecule has 1 aromatic heterocycles. The molecule has 0 unspecified atom stereocenters. The van der Waals surface area contributed by atoms with Gasteiger partial charge in [-0.25, -0.2) is 4.39 Å². The van der Waals surface area contributed by atoms with E-state index in [2.05, 4.69) is 11.2 Å². The Kier molecular flexibility index (Phi) is 2.98. The number of fused-ring (bicyclic) bond motifs is 1. The fraction of sp³-hybridized carbons (Fsp3) is 0.0833. The Hall–Kier alpha value is -2.06. The lowest BCUT2D eigenvalue weighted by Gasteiger charge is -1.99. The van der Waals surface area contributed by atoms with Crippen molar-refractivity contribution in [1.82, 2.24) is 5.32 Å². The molecule has 0 aliphatic carbocycles. The highest BCUT2D eigenvalue weighted by molar-refractivity contribution is 7.21. The van der Waals surface area contributed by atoms with E-state index in [1.165, 1.54) is 23.5 Å². The summed E-state index contributed by atoms with van der Waals surface area (Å²) in [5, 5.41) is 3.08. The third kappa shape index (κ3) is 2.08. The topological polar surface area (TPSA) is 55.1 Å². The smallest absolute Gasteiger partial charge is 0.264 e. The quantitative estimate of drug-likeness (QED) is 0.798. The third-order valence-electron chi connectivity index (χ3n) is 2.25. The number of hydrogen-bond acceptors (Lipinski definition) is 3. The summed E-state index contributed by atoms with van der Waals surface area (Å²) in [6.07, 6.45) is 5.05. The average Bonchev–Trinajstić information content (AvgIpc) is 2.64. The van der Waals surface area contributed by atoms with E-state index in [-0.39, 0.29) is 18.3 Å². The van der Waals surface area contributed by atoms with Crippen LogP contribution in [0.25, 0.3) is 10.1 Å². The predicted octanol–water partition coefficient (Wildman–Crippen LogP) is 1.99. The van der Waals surface area contributed by atoms with E-state index in [1.54, 1.807) is 6.07 Å². The van der Waals surface area contributed by atoms with Crippen LogP contribution in [0.2, 0.25) is 0 Å². The number of nitrogens with two attached hydrogens (primary N) is 1. The lowest BCUT2D eigenvalue weighted by Crippen LogP contribution is -2.23. The zero-order chi connectivity index (χ0) is 12.4. The van der Waals surface area contributed by atoms with Crippen LogP contribution in [0.15, 0.2) is 18.2 Å². The van der Waals surface area contributed by atoms with Crippen LogP contribution in [-0.4, -0.2) is 12.5 Å². The first-order valence-corrected chi connectivity index (χ1v) is 5.64. The van der Waals surface area contributed by atoms with Crippen molar-refractivity contribution in [2.75, 3.05) is 12.3 Å². The molecule has 3 N–H and O–H groups in total. The van der Waals surface area contributed by atoms with Crippen molar-refractivity contribution in [3.8, 4) is 12.3 Å². The molecule has 0 saturated carbocycles.